The second-order valence-corrected chi connectivity index (χ2v) is 7.04. The second-order valence-electron chi connectivity index (χ2n) is 7.04. The fraction of sp³-hybridized carbons (Fsp3) is 0.611. The van der Waals surface area contributed by atoms with Crippen molar-refractivity contribution < 1.29 is 9.59 Å². The predicted molar refractivity (Wildman–Crippen MR) is 91.7 cm³/mol. The third-order valence-corrected chi connectivity index (χ3v) is 5.00. The normalized spacial score (nSPS) is 25.4. The molecular formula is C18H26N4O2. The van der Waals surface area contributed by atoms with E-state index in [1.807, 2.05) is 31.0 Å². The number of amides is 2. The molecule has 1 aromatic heterocycles. The lowest BCUT2D eigenvalue weighted by Gasteiger charge is -2.40. The third-order valence-electron chi connectivity index (χ3n) is 5.00. The first-order valence-corrected chi connectivity index (χ1v) is 8.75. The van der Waals surface area contributed by atoms with Gasteiger partial charge in [0.2, 0.25) is 5.91 Å². The van der Waals surface area contributed by atoms with E-state index in [0.29, 0.717) is 25.1 Å². The quantitative estimate of drug-likeness (QED) is 0.881. The smallest absolute Gasteiger partial charge is 0.255 e. The van der Waals surface area contributed by atoms with E-state index in [1.54, 1.807) is 6.20 Å². The molecule has 6 heteroatoms. The van der Waals surface area contributed by atoms with Crippen molar-refractivity contribution in [3.63, 3.8) is 0 Å². The van der Waals surface area contributed by atoms with E-state index < -0.39 is 0 Å². The number of aromatic nitrogens is 1. The van der Waals surface area contributed by atoms with Crippen molar-refractivity contribution in [3.8, 4) is 0 Å². The van der Waals surface area contributed by atoms with Crippen LogP contribution in [0.4, 0.5) is 0 Å². The van der Waals surface area contributed by atoms with Crippen LogP contribution < -0.4 is 5.32 Å². The molecule has 0 bridgehead atoms. The van der Waals surface area contributed by atoms with E-state index in [1.165, 1.54) is 0 Å². The van der Waals surface area contributed by atoms with Crippen LogP contribution in [-0.2, 0) is 11.2 Å². The molecule has 130 valence electrons. The van der Waals surface area contributed by atoms with E-state index in [0.717, 1.165) is 38.0 Å². The Morgan fingerprint density at radius 1 is 1.33 bits per heavy atom. The van der Waals surface area contributed by atoms with E-state index >= 15 is 0 Å². The molecule has 24 heavy (non-hydrogen) atoms. The van der Waals surface area contributed by atoms with Gasteiger partial charge in [-0.1, -0.05) is 6.92 Å². The summed E-state index contributed by atoms with van der Waals surface area (Å²) in [6.07, 6.45) is 4.91. The van der Waals surface area contributed by atoms with Gasteiger partial charge in [0, 0.05) is 44.5 Å². The number of rotatable bonds is 2. The molecule has 2 fully saturated rings. The van der Waals surface area contributed by atoms with Crippen LogP contribution >= 0.6 is 0 Å². The van der Waals surface area contributed by atoms with Crippen molar-refractivity contribution in [2.24, 2.45) is 0 Å². The first kappa shape index (κ1) is 16.9. The molecule has 2 aliphatic heterocycles. The zero-order valence-corrected chi connectivity index (χ0v) is 14.5. The maximum absolute atomic E-state index is 12.9. The first-order valence-electron chi connectivity index (χ1n) is 8.75. The Bertz CT molecular complexity index is 616. The van der Waals surface area contributed by atoms with Crippen molar-refractivity contribution in [2.45, 2.75) is 38.1 Å². The Hall–Kier alpha value is -1.95. The Morgan fingerprint density at radius 3 is 2.83 bits per heavy atom. The predicted octanol–water partition coefficient (Wildman–Crippen LogP) is 1.07. The molecule has 2 saturated heterocycles. The van der Waals surface area contributed by atoms with Gasteiger partial charge in [-0.2, -0.15) is 0 Å². The molecular weight excluding hydrogens is 304 g/mol. The van der Waals surface area contributed by atoms with Gasteiger partial charge in [-0.05, 0) is 38.4 Å². The van der Waals surface area contributed by atoms with Crippen LogP contribution in [0.3, 0.4) is 0 Å². The SMILES string of the molecule is CCc1ccc(C(=O)N2CCN(C)CC3(CCCC(=O)N3)C2)cn1. The number of hydrogen-bond acceptors (Lipinski definition) is 4. The lowest BCUT2D eigenvalue weighted by Crippen LogP contribution is -2.61. The molecule has 3 rings (SSSR count). The van der Waals surface area contributed by atoms with Gasteiger partial charge in [0.1, 0.15) is 0 Å². The summed E-state index contributed by atoms with van der Waals surface area (Å²) >= 11 is 0. The fourth-order valence-corrected chi connectivity index (χ4v) is 3.74. The standard InChI is InChI=1S/C18H26N4O2/c1-3-15-7-6-14(11-19-15)17(24)22-10-9-21(2)12-18(13-22)8-4-5-16(23)20-18/h6-7,11H,3-5,8-10,12-13H2,1-2H3,(H,20,23). The summed E-state index contributed by atoms with van der Waals surface area (Å²) in [5.74, 6) is 0.0950. The Balaban J connectivity index is 1.80. The van der Waals surface area contributed by atoms with Crippen molar-refractivity contribution in [3.05, 3.63) is 29.6 Å². The summed E-state index contributed by atoms with van der Waals surface area (Å²) in [6.45, 7) is 4.88. The zero-order valence-electron chi connectivity index (χ0n) is 14.5. The van der Waals surface area contributed by atoms with E-state index in [-0.39, 0.29) is 17.4 Å². The number of nitrogens with one attached hydrogen (secondary N) is 1. The van der Waals surface area contributed by atoms with Crippen LogP contribution in [0.15, 0.2) is 18.3 Å². The number of pyridine rings is 1. The molecule has 1 unspecified atom stereocenters. The summed E-state index contributed by atoms with van der Waals surface area (Å²) < 4.78 is 0. The molecule has 1 aromatic rings. The number of carbonyl (C=O) groups excluding carboxylic acids is 2. The van der Waals surface area contributed by atoms with E-state index in [4.69, 9.17) is 0 Å². The molecule has 2 amide bonds. The molecule has 1 atom stereocenters. The van der Waals surface area contributed by atoms with Crippen LogP contribution in [0.1, 0.15) is 42.2 Å². The highest BCUT2D eigenvalue weighted by Crippen LogP contribution is 2.25. The summed E-state index contributed by atoms with van der Waals surface area (Å²) in [4.78, 5) is 33.3. The summed E-state index contributed by atoms with van der Waals surface area (Å²) in [5.41, 5.74) is 1.28. The minimum absolute atomic E-state index is 0.000324. The molecule has 1 spiro atoms. The Morgan fingerprint density at radius 2 is 2.17 bits per heavy atom. The molecule has 0 aliphatic carbocycles. The van der Waals surface area contributed by atoms with Crippen molar-refractivity contribution in [1.82, 2.24) is 20.1 Å². The van der Waals surface area contributed by atoms with Crippen molar-refractivity contribution in [1.29, 1.82) is 0 Å². The maximum atomic E-state index is 12.9. The van der Waals surface area contributed by atoms with Gasteiger partial charge in [0.05, 0.1) is 11.1 Å². The fourth-order valence-electron chi connectivity index (χ4n) is 3.74. The highest BCUT2D eigenvalue weighted by Gasteiger charge is 2.40. The van der Waals surface area contributed by atoms with Crippen LogP contribution in [0.25, 0.3) is 0 Å². The highest BCUT2D eigenvalue weighted by atomic mass is 16.2. The van der Waals surface area contributed by atoms with E-state index in [9.17, 15) is 9.59 Å². The van der Waals surface area contributed by atoms with Gasteiger partial charge in [-0.3, -0.25) is 14.6 Å². The number of hydrogen-bond donors (Lipinski definition) is 1. The van der Waals surface area contributed by atoms with Crippen LogP contribution in [0.5, 0.6) is 0 Å². The minimum atomic E-state index is -0.326. The minimum Gasteiger partial charge on any atom is -0.348 e. The van der Waals surface area contributed by atoms with Crippen LogP contribution in [0, 0.1) is 0 Å². The van der Waals surface area contributed by atoms with Crippen LogP contribution in [-0.4, -0.2) is 65.4 Å². The molecule has 1 N–H and O–H groups in total. The second kappa shape index (κ2) is 6.89. The lowest BCUT2D eigenvalue weighted by atomic mass is 9.87. The third kappa shape index (κ3) is 3.59. The van der Waals surface area contributed by atoms with Gasteiger partial charge >= 0.3 is 0 Å². The average Bonchev–Trinajstić information content (AvgIpc) is 2.73. The number of piperidine rings is 1. The highest BCUT2D eigenvalue weighted by molar-refractivity contribution is 5.94. The van der Waals surface area contributed by atoms with Crippen LogP contribution in [0.2, 0.25) is 0 Å². The summed E-state index contributed by atoms with van der Waals surface area (Å²) in [7, 11) is 2.05. The van der Waals surface area contributed by atoms with Gasteiger partial charge in [-0.25, -0.2) is 0 Å². The van der Waals surface area contributed by atoms with Gasteiger partial charge in [-0.15, -0.1) is 0 Å². The monoisotopic (exact) mass is 330 g/mol. The first-order chi connectivity index (χ1) is 11.5. The number of aryl methyl sites for hydroxylation is 1. The van der Waals surface area contributed by atoms with Gasteiger partial charge < -0.3 is 15.1 Å². The average molecular weight is 330 g/mol. The van der Waals surface area contributed by atoms with Crippen molar-refractivity contribution in [2.75, 3.05) is 33.2 Å². The van der Waals surface area contributed by atoms with Gasteiger partial charge in [0.15, 0.2) is 0 Å². The topological polar surface area (TPSA) is 65.5 Å². The van der Waals surface area contributed by atoms with Gasteiger partial charge in [0.25, 0.3) is 5.91 Å². The number of nitrogens with zero attached hydrogens (tertiary/aromatic N) is 3. The lowest BCUT2D eigenvalue weighted by molar-refractivity contribution is -0.125. The number of likely N-dealkylation sites (N-methyl/N-ethyl adjacent to an activating group) is 1. The van der Waals surface area contributed by atoms with Crippen molar-refractivity contribution >= 4 is 11.8 Å². The molecule has 2 aliphatic rings. The number of carbonyl (C=O) groups is 2. The molecule has 6 nitrogen and oxygen atoms in total. The molecule has 0 aromatic carbocycles. The maximum Gasteiger partial charge on any atom is 0.255 e. The largest absolute Gasteiger partial charge is 0.348 e. The summed E-state index contributed by atoms with van der Waals surface area (Å²) in [5, 5.41) is 3.17. The molecule has 3 heterocycles. The Kier molecular flexibility index (Phi) is 4.85. The Labute approximate surface area is 143 Å². The summed E-state index contributed by atoms with van der Waals surface area (Å²) in [6, 6.07) is 3.77. The molecule has 0 radical (unpaired) electrons. The molecule has 0 saturated carbocycles. The van der Waals surface area contributed by atoms with E-state index in [2.05, 4.69) is 15.2 Å². The zero-order chi connectivity index (χ0) is 17.2.